The van der Waals surface area contributed by atoms with E-state index >= 15 is 0 Å². The van der Waals surface area contributed by atoms with E-state index in [4.69, 9.17) is 5.26 Å². The fraction of sp³-hybridized carbons (Fsp3) is 0.471. The molecule has 4 rings (SSSR count). The van der Waals surface area contributed by atoms with Gasteiger partial charge in [0.15, 0.2) is 0 Å². The molecule has 0 saturated heterocycles. The van der Waals surface area contributed by atoms with Crippen molar-refractivity contribution in [1.82, 2.24) is 14.8 Å². The van der Waals surface area contributed by atoms with Gasteiger partial charge >= 0.3 is 0 Å². The van der Waals surface area contributed by atoms with E-state index in [-0.39, 0.29) is 11.3 Å². The maximum absolute atomic E-state index is 9.07. The third kappa shape index (κ3) is 1.87. The minimum atomic E-state index is -0.0601. The first kappa shape index (κ1) is 14.0. The van der Waals surface area contributed by atoms with Crippen molar-refractivity contribution in [2.45, 2.75) is 31.1 Å². The molecule has 2 aromatic rings. The maximum atomic E-state index is 9.07. The number of nitrogens with zero attached hydrogens (tertiary/aromatic N) is 4. The van der Waals surface area contributed by atoms with Crippen LogP contribution in [0.3, 0.4) is 0 Å². The number of rotatable bonds is 2. The summed E-state index contributed by atoms with van der Waals surface area (Å²) in [6.45, 7) is 0. The smallest absolute Gasteiger partial charge is 0.143 e. The predicted octanol–water partition coefficient (Wildman–Crippen LogP) is 3.58. The van der Waals surface area contributed by atoms with Crippen LogP contribution in [-0.2, 0) is 12.5 Å². The second kappa shape index (κ2) is 4.66. The van der Waals surface area contributed by atoms with Gasteiger partial charge in [0, 0.05) is 17.4 Å². The molecular formula is C17H17BrN4. The van der Waals surface area contributed by atoms with E-state index in [0.29, 0.717) is 5.41 Å². The Bertz CT molecular complexity index is 759. The minimum Gasteiger partial charge on any atom is -0.320 e. The molecule has 0 N–H and O–H groups in total. The zero-order valence-electron chi connectivity index (χ0n) is 12.5. The van der Waals surface area contributed by atoms with Gasteiger partial charge in [0.25, 0.3) is 0 Å². The van der Waals surface area contributed by atoms with Crippen molar-refractivity contribution >= 4 is 15.9 Å². The molecule has 0 amide bonds. The van der Waals surface area contributed by atoms with Crippen molar-refractivity contribution in [2.24, 2.45) is 18.4 Å². The molecule has 1 heterocycles. The van der Waals surface area contributed by atoms with Crippen LogP contribution in [0.1, 0.15) is 37.1 Å². The van der Waals surface area contributed by atoms with E-state index in [0.717, 1.165) is 36.0 Å². The lowest BCUT2D eigenvalue weighted by molar-refractivity contribution is -0.0587. The fourth-order valence-corrected chi connectivity index (χ4v) is 4.99. The lowest BCUT2D eigenvalue weighted by Crippen LogP contribution is -2.57. The first-order valence-electron chi connectivity index (χ1n) is 7.57. The van der Waals surface area contributed by atoms with Gasteiger partial charge in [0.05, 0.1) is 11.5 Å². The van der Waals surface area contributed by atoms with Gasteiger partial charge in [-0.2, -0.15) is 5.26 Å². The summed E-state index contributed by atoms with van der Waals surface area (Å²) in [5, 5.41) is 17.6. The normalized spacial score (nSPS) is 33.0. The molecule has 0 aliphatic heterocycles. The standard InChI is InChI=1S/C17H17BrN4/c1-22-11-20-21-15(22)17(13-3-2-4-14(18)5-13)9-16(10-17)6-12(7-16)8-19/h2-5,11-12H,6-7,9-10H2,1H3. The van der Waals surface area contributed by atoms with Crippen molar-refractivity contribution in [3.63, 3.8) is 0 Å². The summed E-state index contributed by atoms with van der Waals surface area (Å²) in [6.07, 6.45) is 6.00. The Labute approximate surface area is 138 Å². The van der Waals surface area contributed by atoms with E-state index in [1.54, 1.807) is 6.33 Å². The van der Waals surface area contributed by atoms with Gasteiger partial charge in [-0.05, 0) is 48.8 Å². The predicted molar refractivity (Wildman–Crippen MR) is 85.9 cm³/mol. The van der Waals surface area contributed by atoms with Crippen LogP contribution in [0.25, 0.3) is 0 Å². The van der Waals surface area contributed by atoms with Crippen molar-refractivity contribution in [3.05, 3.63) is 46.5 Å². The van der Waals surface area contributed by atoms with E-state index in [2.05, 4.69) is 56.5 Å². The highest BCUT2D eigenvalue weighted by Gasteiger charge is 2.62. The van der Waals surface area contributed by atoms with E-state index < -0.39 is 0 Å². The molecule has 0 atom stereocenters. The number of hydrogen-bond donors (Lipinski definition) is 0. The molecule has 0 bridgehead atoms. The van der Waals surface area contributed by atoms with E-state index in [1.165, 1.54) is 5.56 Å². The summed E-state index contributed by atoms with van der Waals surface area (Å²) in [7, 11) is 2.01. The van der Waals surface area contributed by atoms with E-state index in [9.17, 15) is 0 Å². The lowest BCUT2D eigenvalue weighted by atomic mass is 9.41. The first-order chi connectivity index (χ1) is 10.6. The Morgan fingerprint density at radius 2 is 2.14 bits per heavy atom. The molecule has 2 saturated carbocycles. The zero-order valence-corrected chi connectivity index (χ0v) is 14.0. The highest BCUT2D eigenvalue weighted by Crippen LogP contribution is 2.68. The Morgan fingerprint density at radius 3 is 2.73 bits per heavy atom. The van der Waals surface area contributed by atoms with Crippen LogP contribution in [0.2, 0.25) is 0 Å². The molecule has 2 fully saturated rings. The molecule has 2 aliphatic rings. The molecule has 0 radical (unpaired) electrons. The van der Waals surface area contributed by atoms with Gasteiger partial charge in [0.1, 0.15) is 12.2 Å². The van der Waals surface area contributed by atoms with Gasteiger partial charge in [-0.15, -0.1) is 10.2 Å². The zero-order chi connectivity index (χ0) is 15.4. The summed E-state index contributed by atoms with van der Waals surface area (Å²) < 4.78 is 3.13. The van der Waals surface area contributed by atoms with Crippen LogP contribution < -0.4 is 0 Å². The van der Waals surface area contributed by atoms with Gasteiger partial charge < -0.3 is 4.57 Å². The topological polar surface area (TPSA) is 54.5 Å². The van der Waals surface area contributed by atoms with Crippen molar-refractivity contribution < 1.29 is 0 Å². The average Bonchev–Trinajstić information content (AvgIpc) is 2.83. The quantitative estimate of drug-likeness (QED) is 0.826. The molecule has 0 unspecified atom stereocenters. The molecule has 1 spiro atoms. The Balaban J connectivity index is 1.73. The number of benzene rings is 1. The van der Waals surface area contributed by atoms with Gasteiger partial charge in [-0.1, -0.05) is 28.1 Å². The van der Waals surface area contributed by atoms with Crippen LogP contribution in [0.15, 0.2) is 35.1 Å². The van der Waals surface area contributed by atoms with Gasteiger partial charge in [-0.3, -0.25) is 0 Å². The van der Waals surface area contributed by atoms with Crippen molar-refractivity contribution in [3.8, 4) is 6.07 Å². The molecular weight excluding hydrogens is 340 g/mol. The Morgan fingerprint density at radius 1 is 1.36 bits per heavy atom. The summed E-state index contributed by atoms with van der Waals surface area (Å²) in [6, 6.07) is 10.9. The maximum Gasteiger partial charge on any atom is 0.143 e. The van der Waals surface area contributed by atoms with Crippen LogP contribution in [0.5, 0.6) is 0 Å². The fourth-order valence-electron chi connectivity index (χ4n) is 4.59. The van der Waals surface area contributed by atoms with Crippen LogP contribution in [0, 0.1) is 22.7 Å². The third-order valence-corrected chi connectivity index (χ3v) is 5.90. The van der Waals surface area contributed by atoms with Gasteiger partial charge in [0.2, 0.25) is 0 Å². The van der Waals surface area contributed by atoms with Crippen LogP contribution in [-0.4, -0.2) is 14.8 Å². The SMILES string of the molecule is Cn1cnnc1C1(c2cccc(Br)c2)CC2(CC(C#N)C2)C1. The van der Waals surface area contributed by atoms with E-state index in [1.807, 2.05) is 11.6 Å². The van der Waals surface area contributed by atoms with Crippen LogP contribution >= 0.6 is 15.9 Å². The summed E-state index contributed by atoms with van der Waals surface area (Å²) in [5.74, 6) is 1.29. The lowest BCUT2D eigenvalue weighted by Gasteiger charge is -2.62. The molecule has 1 aromatic heterocycles. The summed E-state index contributed by atoms with van der Waals surface area (Å²) in [5.41, 5.74) is 1.58. The second-order valence-corrected chi connectivity index (χ2v) is 7.86. The second-order valence-electron chi connectivity index (χ2n) is 6.95. The number of halogens is 1. The van der Waals surface area contributed by atoms with Crippen molar-refractivity contribution in [2.75, 3.05) is 0 Å². The number of nitriles is 1. The summed E-state index contributed by atoms with van der Waals surface area (Å²) in [4.78, 5) is 0. The highest BCUT2D eigenvalue weighted by atomic mass is 79.9. The molecule has 22 heavy (non-hydrogen) atoms. The monoisotopic (exact) mass is 356 g/mol. The van der Waals surface area contributed by atoms with Gasteiger partial charge in [-0.25, -0.2) is 0 Å². The highest BCUT2D eigenvalue weighted by molar-refractivity contribution is 9.10. The number of aromatic nitrogens is 3. The molecule has 112 valence electrons. The minimum absolute atomic E-state index is 0.0601. The first-order valence-corrected chi connectivity index (χ1v) is 8.36. The Hall–Kier alpha value is -1.67. The number of hydrogen-bond acceptors (Lipinski definition) is 3. The molecule has 2 aliphatic carbocycles. The summed E-state index contributed by atoms with van der Waals surface area (Å²) >= 11 is 3.58. The largest absolute Gasteiger partial charge is 0.320 e. The molecule has 4 nitrogen and oxygen atoms in total. The number of aryl methyl sites for hydroxylation is 1. The molecule has 1 aromatic carbocycles. The van der Waals surface area contributed by atoms with Crippen molar-refractivity contribution in [1.29, 1.82) is 5.26 Å². The average molecular weight is 357 g/mol. The molecule has 5 heteroatoms. The third-order valence-electron chi connectivity index (χ3n) is 5.41. The van der Waals surface area contributed by atoms with Crippen LogP contribution in [0.4, 0.5) is 0 Å². The Kier molecular flexibility index (Phi) is 2.96.